The average molecular weight is 424 g/mol. The summed E-state index contributed by atoms with van der Waals surface area (Å²) in [4.78, 5) is 16.7. The molecule has 0 atom stereocenters. The van der Waals surface area contributed by atoms with Crippen molar-refractivity contribution in [2.45, 2.75) is 6.42 Å². The van der Waals surface area contributed by atoms with Gasteiger partial charge in [0.1, 0.15) is 0 Å². The quantitative estimate of drug-likeness (QED) is 0.342. The first-order chi connectivity index (χ1) is 14.9. The molecule has 164 valence electrons. The third kappa shape index (κ3) is 4.66. The number of nitrogens with one attached hydrogen (secondary N) is 1. The molecule has 0 spiro atoms. The van der Waals surface area contributed by atoms with Gasteiger partial charge in [-0.2, -0.15) is 0 Å². The zero-order valence-electron chi connectivity index (χ0n) is 18.3. The maximum atomic E-state index is 13.4. The SMILES string of the molecule is C=CCc1c(C(/C=C(/OC)C(=C)OC)=C(\N)C=C)[nH]c2cc(OC)c(OC)cc2c1=O. The lowest BCUT2D eigenvalue weighted by Crippen LogP contribution is -2.16. The molecule has 3 N–H and O–H groups in total. The normalized spacial score (nSPS) is 12.1. The molecule has 0 unspecified atom stereocenters. The van der Waals surface area contributed by atoms with Crippen LogP contribution >= 0.6 is 0 Å². The van der Waals surface area contributed by atoms with Crippen molar-refractivity contribution in [1.82, 2.24) is 4.98 Å². The largest absolute Gasteiger partial charge is 0.493 e. The van der Waals surface area contributed by atoms with Gasteiger partial charge in [-0.3, -0.25) is 4.79 Å². The summed E-state index contributed by atoms with van der Waals surface area (Å²) in [5.41, 5.74) is 8.43. The van der Waals surface area contributed by atoms with Crippen molar-refractivity contribution >= 4 is 16.5 Å². The molecule has 0 fully saturated rings. The predicted octanol–water partition coefficient (Wildman–Crippen LogP) is 3.82. The molecule has 1 aromatic heterocycles. The average Bonchev–Trinajstić information content (AvgIpc) is 2.79. The highest BCUT2D eigenvalue weighted by Crippen LogP contribution is 2.32. The summed E-state index contributed by atoms with van der Waals surface area (Å²) < 4.78 is 21.3. The van der Waals surface area contributed by atoms with Crippen LogP contribution in [0, 0.1) is 0 Å². The maximum absolute atomic E-state index is 13.4. The molecule has 2 aromatic rings. The molecule has 0 saturated heterocycles. The minimum Gasteiger partial charge on any atom is -0.493 e. The number of aromatic amines is 1. The zero-order valence-corrected chi connectivity index (χ0v) is 18.3. The van der Waals surface area contributed by atoms with Crippen molar-refractivity contribution in [1.29, 1.82) is 0 Å². The first-order valence-corrected chi connectivity index (χ1v) is 9.39. The van der Waals surface area contributed by atoms with E-state index in [0.717, 1.165) is 0 Å². The Balaban J connectivity index is 2.98. The van der Waals surface area contributed by atoms with Gasteiger partial charge in [0.2, 0.25) is 0 Å². The molecule has 31 heavy (non-hydrogen) atoms. The van der Waals surface area contributed by atoms with Crippen LogP contribution < -0.4 is 20.6 Å². The van der Waals surface area contributed by atoms with Crippen molar-refractivity contribution < 1.29 is 18.9 Å². The van der Waals surface area contributed by atoms with Crippen molar-refractivity contribution in [3.8, 4) is 11.5 Å². The topological polar surface area (TPSA) is 95.8 Å². The van der Waals surface area contributed by atoms with Gasteiger partial charge in [-0.25, -0.2) is 0 Å². The second kappa shape index (κ2) is 10.2. The molecule has 0 radical (unpaired) electrons. The van der Waals surface area contributed by atoms with Crippen molar-refractivity contribution in [3.63, 3.8) is 0 Å². The molecule has 0 aliphatic rings. The number of fused-ring (bicyclic) bond motifs is 1. The minimum atomic E-state index is -0.183. The van der Waals surface area contributed by atoms with Gasteiger partial charge in [-0.05, 0) is 24.6 Å². The summed E-state index contributed by atoms with van der Waals surface area (Å²) in [5.74, 6) is 1.59. The highest BCUT2D eigenvalue weighted by Gasteiger charge is 2.19. The van der Waals surface area contributed by atoms with Gasteiger partial charge in [0.05, 0.1) is 39.6 Å². The summed E-state index contributed by atoms with van der Waals surface area (Å²) in [7, 11) is 6.01. The Labute approximate surface area is 181 Å². The minimum absolute atomic E-state index is 0.183. The number of hydrogen-bond acceptors (Lipinski definition) is 6. The lowest BCUT2D eigenvalue weighted by Gasteiger charge is -2.16. The van der Waals surface area contributed by atoms with E-state index in [2.05, 4.69) is 24.7 Å². The molecule has 0 saturated carbocycles. The van der Waals surface area contributed by atoms with Gasteiger partial charge in [-0.1, -0.05) is 19.2 Å². The van der Waals surface area contributed by atoms with Gasteiger partial charge in [0, 0.05) is 28.3 Å². The number of pyridine rings is 1. The molecule has 0 bridgehead atoms. The van der Waals surface area contributed by atoms with Crippen LogP contribution in [0.15, 0.2) is 72.1 Å². The van der Waals surface area contributed by atoms with E-state index in [1.165, 1.54) is 34.5 Å². The predicted molar refractivity (Wildman–Crippen MR) is 124 cm³/mol. The lowest BCUT2D eigenvalue weighted by atomic mass is 9.98. The van der Waals surface area contributed by atoms with Crippen LogP contribution in [-0.2, 0) is 15.9 Å². The van der Waals surface area contributed by atoms with E-state index in [9.17, 15) is 4.79 Å². The third-order valence-electron chi connectivity index (χ3n) is 4.77. The molecule has 1 heterocycles. The smallest absolute Gasteiger partial charge is 0.193 e. The fourth-order valence-corrected chi connectivity index (χ4v) is 3.12. The Bertz CT molecular complexity index is 1140. The second-order valence-electron chi connectivity index (χ2n) is 6.47. The highest BCUT2D eigenvalue weighted by atomic mass is 16.5. The van der Waals surface area contributed by atoms with E-state index in [4.69, 9.17) is 24.7 Å². The molecular weight excluding hydrogens is 396 g/mol. The van der Waals surface area contributed by atoms with Crippen LogP contribution in [0.1, 0.15) is 11.3 Å². The summed E-state index contributed by atoms with van der Waals surface area (Å²) in [6.07, 6.45) is 5.10. The van der Waals surface area contributed by atoms with Crippen LogP contribution in [0.4, 0.5) is 0 Å². The van der Waals surface area contributed by atoms with Crippen LogP contribution in [0.3, 0.4) is 0 Å². The van der Waals surface area contributed by atoms with E-state index in [1.54, 1.807) is 24.3 Å². The molecule has 1 aromatic carbocycles. The monoisotopic (exact) mass is 424 g/mol. The first kappa shape index (κ1) is 23.4. The molecule has 2 rings (SSSR count). The Kier molecular flexibility index (Phi) is 7.74. The van der Waals surface area contributed by atoms with Crippen LogP contribution in [-0.4, -0.2) is 33.4 Å². The van der Waals surface area contributed by atoms with Gasteiger partial charge in [-0.15, -0.1) is 6.58 Å². The number of ether oxygens (including phenoxy) is 4. The van der Waals surface area contributed by atoms with E-state index in [1.807, 2.05) is 0 Å². The van der Waals surface area contributed by atoms with Crippen LogP contribution in [0.5, 0.6) is 11.5 Å². The standard InChI is InChI=1S/C24H28N2O5/c1-8-10-15-23(16(18(25)9-2)11-20(29-5)14(3)28-4)26-19-13-22(31-7)21(30-6)12-17(19)24(15)27/h8-9,11-13H,1-3,10,25H2,4-7H3,(H,26,27)/b18-16-,20-11+. The number of aromatic nitrogens is 1. The number of methoxy groups -OCH3 is 4. The molecule has 0 amide bonds. The van der Waals surface area contributed by atoms with E-state index < -0.39 is 0 Å². The van der Waals surface area contributed by atoms with E-state index >= 15 is 0 Å². The van der Waals surface area contributed by atoms with Gasteiger partial charge in [0.15, 0.2) is 28.4 Å². The Morgan fingerprint density at radius 2 is 1.74 bits per heavy atom. The Morgan fingerprint density at radius 3 is 2.26 bits per heavy atom. The summed E-state index contributed by atoms with van der Waals surface area (Å²) in [6, 6.07) is 3.35. The maximum Gasteiger partial charge on any atom is 0.193 e. The molecule has 7 nitrogen and oxygen atoms in total. The number of hydrogen-bond donors (Lipinski definition) is 2. The fraction of sp³-hybridized carbons (Fsp3) is 0.208. The Morgan fingerprint density at radius 1 is 1.10 bits per heavy atom. The van der Waals surface area contributed by atoms with Crippen molar-refractivity contribution in [2.75, 3.05) is 28.4 Å². The van der Waals surface area contributed by atoms with Crippen LogP contribution in [0.2, 0.25) is 0 Å². The number of benzene rings is 1. The second-order valence-corrected chi connectivity index (χ2v) is 6.47. The summed E-state index contributed by atoms with van der Waals surface area (Å²) in [6.45, 7) is 11.4. The van der Waals surface area contributed by atoms with Crippen molar-refractivity contribution in [3.05, 3.63) is 88.8 Å². The number of rotatable bonds is 10. The molecule has 0 aliphatic carbocycles. The summed E-state index contributed by atoms with van der Waals surface area (Å²) >= 11 is 0. The lowest BCUT2D eigenvalue weighted by molar-refractivity contribution is 0.222. The van der Waals surface area contributed by atoms with Gasteiger partial charge >= 0.3 is 0 Å². The molecular formula is C24H28N2O5. The molecule has 7 heteroatoms. The summed E-state index contributed by atoms with van der Waals surface area (Å²) in [5, 5.41) is 0.451. The van der Waals surface area contributed by atoms with E-state index in [0.29, 0.717) is 62.9 Å². The third-order valence-corrected chi connectivity index (χ3v) is 4.77. The Hall–Kier alpha value is -3.87. The van der Waals surface area contributed by atoms with Crippen LogP contribution in [0.25, 0.3) is 16.5 Å². The van der Waals surface area contributed by atoms with Crippen molar-refractivity contribution in [2.24, 2.45) is 5.73 Å². The van der Waals surface area contributed by atoms with E-state index in [-0.39, 0.29) is 5.43 Å². The highest BCUT2D eigenvalue weighted by molar-refractivity contribution is 5.88. The number of allylic oxidation sites excluding steroid dienone is 4. The zero-order chi connectivity index (χ0) is 23.1. The van der Waals surface area contributed by atoms with Gasteiger partial charge < -0.3 is 29.7 Å². The first-order valence-electron chi connectivity index (χ1n) is 9.39. The molecule has 0 aliphatic heterocycles. The number of nitrogens with two attached hydrogens (primary N) is 1. The van der Waals surface area contributed by atoms with Gasteiger partial charge in [0.25, 0.3) is 0 Å². The number of H-pyrrole nitrogens is 1. The fourth-order valence-electron chi connectivity index (χ4n) is 3.12.